The smallest absolute Gasteiger partial charge is 0.231 e. The second kappa shape index (κ2) is 8.45. The van der Waals surface area contributed by atoms with Crippen LogP contribution >= 0.6 is 0 Å². The van der Waals surface area contributed by atoms with E-state index in [9.17, 15) is 4.79 Å². The molecular weight excluding hydrogens is 392 g/mol. The fourth-order valence-corrected chi connectivity index (χ4v) is 4.64. The lowest BCUT2D eigenvalue weighted by Gasteiger charge is -2.39. The molecule has 1 aromatic carbocycles. The van der Waals surface area contributed by atoms with Crippen molar-refractivity contribution in [2.45, 2.75) is 12.8 Å². The number of anilines is 2. The number of hydrogen-bond acceptors (Lipinski definition) is 6. The number of piperidine rings is 1. The minimum absolute atomic E-state index is 0.0114. The molecule has 4 heterocycles. The summed E-state index contributed by atoms with van der Waals surface area (Å²) >= 11 is 0. The van der Waals surface area contributed by atoms with Crippen LogP contribution in [-0.4, -0.2) is 71.8 Å². The Kier molecular flexibility index (Phi) is 5.36. The quantitative estimate of drug-likeness (QED) is 0.645. The molecule has 0 aliphatic carbocycles. The van der Waals surface area contributed by atoms with E-state index in [0.29, 0.717) is 6.54 Å². The highest BCUT2D eigenvalue weighted by atomic mass is 16.5. The number of fused-ring (bicyclic) bond motifs is 1. The molecule has 8 heteroatoms. The zero-order valence-corrected chi connectivity index (χ0v) is 17.9. The number of aromatic nitrogens is 3. The van der Waals surface area contributed by atoms with Crippen molar-refractivity contribution in [3.05, 3.63) is 48.7 Å². The van der Waals surface area contributed by atoms with Gasteiger partial charge in [-0.1, -0.05) is 6.07 Å². The van der Waals surface area contributed by atoms with E-state index in [-0.39, 0.29) is 11.8 Å². The average Bonchev–Trinajstić information content (AvgIpc) is 3.28. The van der Waals surface area contributed by atoms with Crippen molar-refractivity contribution in [3.63, 3.8) is 0 Å². The van der Waals surface area contributed by atoms with Crippen LogP contribution in [0.1, 0.15) is 12.8 Å². The summed E-state index contributed by atoms with van der Waals surface area (Å²) in [5.41, 5.74) is 2.01. The number of rotatable bonds is 4. The fraction of sp³-hybridized carbons (Fsp3) is 0.435. The summed E-state index contributed by atoms with van der Waals surface area (Å²) in [7, 11) is 1.68. The van der Waals surface area contributed by atoms with Crippen LogP contribution in [0.15, 0.2) is 48.7 Å². The van der Waals surface area contributed by atoms with Crippen LogP contribution in [0, 0.1) is 5.92 Å². The first-order valence-electron chi connectivity index (χ1n) is 11.0. The van der Waals surface area contributed by atoms with Crippen LogP contribution in [0.5, 0.6) is 5.75 Å². The SMILES string of the molecule is COc1ccc(N2CCN(C(=O)C3CCCN(c4nnc5ccccn45)C3)CC2)cc1. The lowest BCUT2D eigenvalue weighted by Crippen LogP contribution is -2.52. The van der Waals surface area contributed by atoms with Gasteiger partial charge in [-0.3, -0.25) is 9.20 Å². The topological polar surface area (TPSA) is 66.2 Å². The Morgan fingerprint density at radius 3 is 2.55 bits per heavy atom. The summed E-state index contributed by atoms with van der Waals surface area (Å²) in [4.78, 5) is 19.9. The molecular formula is C23H28N6O2. The van der Waals surface area contributed by atoms with Crippen LogP contribution in [0.3, 0.4) is 0 Å². The van der Waals surface area contributed by atoms with E-state index in [2.05, 4.69) is 32.1 Å². The van der Waals surface area contributed by atoms with Gasteiger partial charge in [-0.25, -0.2) is 0 Å². The highest BCUT2D eigenvalue weighted by molar-refractivity contribution is 5.80. The van der Waals surface area contributed by atoms with Crippen molar-refractivity contribution in [2.24, 2.45) is 5.92 Å². The van der Waals surface area contributed by atoms with E-state index in [1.165, 1.54) is 5.69 Å². The summed E-state index contributed by atoms with van der Waals surface area (Å²) < 4.78 is 7.25. The number of methoxy groups -OCH3 is 1. The van der Waals surface area contributed by atoms with Gasteiger partial charge < -0.3 is 19.4 Å². The molecule has 2 fully saturated rings. The summed E-state index contributed by atoms with van der Waals surface area (Å²) in [6.07, 6.45) is 3.91. The first kappa shape index (κ1) is 19.7. The summed E-state index contributed by atoms with van der Waals surface area (Å²) in [5, 5.41) is 8.64. The van der Waals surface area contributed by atoms with E-state index in [1.807, 2.05) is 45.8 Å². The fourth-order valence-electron chi connectivity index (χ4n) is 4.64. The minimum atomic E-state index is 0.0114. The number of carbonyl (C=O) groups is 1. The number of ether oxygens (including phenoxy) is 1. The van der Waals surface area contributed by atoms with Crippen molar-refractivity contribution in [2.75, 3.05) is 56.2 Å². The molecule has 2 saturated heterocycles. The number of pyridine rings is 1. The maximum atomic E-state index is 13.3. The van der Waals surface area contributed by atoms with E-state index >= 15 is 0 Å². The minimum Gasteiger partial charge on any atom is -0.497 e. The molecule has 31 heavy (non-hydrogen) atoms. The predicted molar refractivity (Wildman–Crippen MR) is 120 cm³/mol. The lowest BCUT2D eigenvalue weighted by atomic mass is 9.96. The molecule has 3 aromatic rings. The Labute approximate surface area is 182 Å². The van der Waals surface area contributed by atoms with E-state index in [0.717, 1.165) is 62.9 Å². The number of hydrogen-bond donors (Lipinski definition) is 0. The maximum Gasteiger partial charge on any atom is 0.231 e. The molecule has 2 aliphatic rings. The van der Waals surface area contributed by atoms with Crippen molar-refractivity contribution in [1.82, 2.24) is 19.5 Å². The van der Waals surface area contributed by atoms with Crippen molar-refractivity contribution < 1.29 is 9.53 Å². The molecule has 8 nitrogen and oxygen atoms in total. The van der Waals surface area contributed by atoms with Gasteiger partial charge >= 0.3 is 0 Å². The molecule has 5 rings (SSSR count). The van der Waals surface area contributed by atoms with Crippen LogP contribution in [0.2, 0.25) is 0 Å². The van der Waals surface area contributed by atoms with Gasteiger partial charge in [0, 0.05) is 51.2 Å². The number of nitrogens with zero attached hydrogens (tertiary/aromatic N) is 6. The molecule has 0 spiro atoms. The Balaban J connectivity index is 1.21. The van der Waals surface area contributed by atoms with E-state index in [1.54, 1.807) is 7.11 Å². The largest absolute Gasteiger partial charge is 0.497 e. The Hall–Kier alpha value is -3.29. The lowest BCUT2D eigenvalue weighted by molar-refractivity contribution is -0.136. The number of benzene rings is 1. The van der Waals surface area contributed by atoms with Gasteiger partial charge in [0.2, 0.25) is 11.9 Å². The first-order valence-corrected chi connectivity index (χ1v) is 11.0. The van der Waals surface area contributed by atoms with Gasteiger partial charge in [0.15, 0.2) is 5.65 Å². The van der Waals surface area contributed by atoms with Crippen LogP contribution in [0.25, 0.3) is 5.65 Å². The van der Waals surface area contributed by atoms with Crippen molar-refractivity contribution in [1.29, 1.82) is 0 Å². The molecule has 0 N–H and O–H groups in total. The Morgan fingerprint density at radius 1 is 0.968 bits per heavy atom. The average molecular weight is 421 g/mol. The zero-order valence-electron chi connectivity index (χ0n) is 17.9. The van der Waals surface area contributed by atoms with E-state index in [4.69, 9.17) is 4.74 Å². The molecule has 0 saturated carbocycles. The second-order valence-corrected chi connectivity index (χ2v) is 8.22. The second-order valence-electron chi connectivity index (χ2n) is 8.22. The molecule has 2 aromatic heterocycles. The molecule has 0 bridgehead atoms. The molecule has 1 unspecified atom stereocenters. The number of amides is 1. The van der Waals surface area contributed by atoms with E-state index < -0.39 is 0 Å². The van der Waals surface area contributed by atoms with Gasteiger partial charge in [0.1, 0.15) is 5.75 Å². The first-order chi connectivity index (χ1) is 15.2. The molecule has 0 radical (unpaired) electrons. The maximum absolute atomic E-state index is 13.3. The van der Waals surface area contributed by atoms with Crippen LogP contribution < -0.4 is 14.5 Å². The summed E-state index contributed by atoms with van der Waals surface area (Å²) in [6, 6.07) is 14.0. The van der Waals surface area contributed by atoms with Gasteiger partial charge in [-0.05, 0) is 49.2 Å². The molecule has 1 atom stereocenters. The third-order valence-corrected chi connectivity index (χ3v) is 6.38. The molecule has 162 valence electrons. The van der Waals surface area contributed by atoms with Gasteiger partial charge in [0.25, 0.3) is 0 Å². The number of piperazine rings is 1. The standard InChI is InChI=1S/C23H28N6O2/c1-31-20-9-7-19(8-10-20)26-13-15-27(16-14-26)22(30)18-5-4-11-28(17-18)23-25-24-21-6-2-3-12-29(21)23/h2-3,6-10,12,18H,4-5,11,13-17H2,1H3. The Bertz CT molecular complexity index is 1040. The Morgan fingerprint density at radius 2 is 1.77 bits per heavy atom. The van der Waals surface area contributed by atoms with Gasteiger partial charge in [-0.15, -0.1) is 10.2 Å². The highest BCUT2D eigenvalue weighted by Gasteiger charge is 2.32. The third kappa shape index (κ3) is 3.89. The third-order valence-electron chi connectivity index (χ3n) is 6.38. The molecule has 1 amide bonds. The zero-order chi connectivity index (χ0) is 21.2. The van der Waals surface area contributed by atoms with Gasteiger partial charge in [0.05, 0.1) is 13.0 Å². The van der Waals surface area contributed by atoms with Crippen LogP contribution in [0.4, 0.5) is 11.6 Å². The highest BCUT2D eigenvalue weighted by Crippen LogP contribution is 2.25. The van der Waals surface area contributed by atoms with Crippen LogP contribution in [-0.2, 0) is 4.79 Å². The predicted octanol–water partition coefficient (Wildman–Crippen LogP) is 2.30. The summed E-state index contributed by atoms with van der Waals surface area (Å²) in [6.45, 7) is 4.83. The monoisotopic (exact) mass is 420 g/mol. The van der Waals surface area contributed by atoms with Crippen molar-refractivity contribution >= 4 is 23.2 Å². The summed E-state index contributed by atoms with van der Waals surface area (Å²) in [5.74, 6) is 1.97. The number of carbonyl (C=O) groups excluding carboxylic acids is 1. The van der Waals surface area contributed by atoms with Crippen molar-refractivity contribution in [3.8, 4) is 5.75 Å². The molecule has 2 aliphatic heterocycles. The normalized spacial score (nSPS) is 19.6. The van der Waals surface area contributed by atoms with Gasteiger partial charge in [-0.2, -0.15) is 0 Å².